The van der Waals surface area contributed by atoms with Gasteiger partial charge in [0.1, 0.15) is 0 Å². The van der Waals surface area contributed by atoms with Crippen molar-refractivity contribution in [1.82, 2.24) is 0 Å². The third-order valence-electron chi connectivity index (χ3n) is 2.77. The summed E-state index contributed by atoms with van der Waals surface area (Å²) in [6.45, 7) is 9.78. The molecule has 1 saturated heterocycles. The number of rotatable bonds is 1. The summed E-state index contributed by atoms with van der Waals surface area (Å²) in [7, 11) is -0.722. The van der Waals surface area contributed by atoms with E-state index >= 15 is 0 Å². The molecule has 1 aliphatic heterocycles. The van der Waals surface area contributed by atoms with Crippen molar-refractivity contribution < 1.29 is 0 Å². The molecule has 0 aromatic heterocycles. The molecule has 66 valence electrons. The maximum Gasteiger partial charge on any atom is 0.0509 e. The van der Waals surface area contributed by atoms with Gasteiger partial charge in [-0.3, -0.25) is 0 Å². The van der Waals surface area contributed by atoms with E-state index in [2.05, 4.69) is 27.3 Å². The molecule has 0 bridgehead atoms. The van der Waals surface area contributed by atoms with E-state index in [4.69, 9.17) is 0 Å². The van der Waals surface area contributed by atoms with Gasteiger partial charge in [-0.25, -0.2) is 0 Å². The largest absolute Gasteiger partial charge is 0.0691 e. The molecule has 0 aromatic carbocycles. The minimum absolute atomic E-state index is 0.589. The zero-order valence-corrected chi connectivity index (χ0v) is 9.54. The molecule has 11 heavy (non-hydrogen) atoms. The monoisotopic (exact) mass is 170 g/mol. The van der Waals surface area contributed by atoms with Crippen LogP contribution < -0.4 is 0 Å². The highest BCUT2D eigenvalue weighted by atomic mass is 28.3. The first-order valence-corrected chi connectivity index (χ1v) is 8.04. The molecule has 1 fully saturated rings. The van der Waals surface area contributed by atoms with Gasteiger partial charge in [0.2, 0.25) is 0 Å². The van der Waals surface area contributed by atoms with Crippen LogP contribution in [-0.4, -0.2) is 8.07 Å². The van der Waals surface area contributed by atoms with Gasteiger partial charge < -0.3 is 0 Å². The predicted molar refractivity (Wildman–Crippen MR) is 54.7 cm³/mol. The highest BCUT2D eigenvalue weighted by Crippen LogP contribution is 2.39. The second-order valence-electron chi connectivity index (χ2n) is 5.76. The van der Waals surface area contributed by atoms with E-state index in [1.54, 1.807) is 18.1 Å². The lowest BCUT2D eigenvalue weighted by Gasteiger charge is -2.30. The van der Waals surface area contributed by atoms with Crippen molar-refractivity contribution in [3.63, 3.8) is 0 Å². The molecule has 0 aromatic rings. The smallest absolute Gasteiger partial charge is 0.0509 e. The lowest BCUT2D eigenvalue weighted by atomic mass is 10.0. The molecule has 1 rings (SSSR count). The fourth-order valence-electron chi connectivity index (χ4n) is 2.69. The first kappa shape index (κ1) is 9.31. The van der Waals surface area contributed by atoms with Crippen LogP contribution in [0.4, 0.5) is 0 Å². The second-order valence-corrected chi connectivity index (χ2v) is 10.7. The molecule has 0 atom stereocenters. The fraction of sp³-hybridized carbons (Fsp3) is 1.00. The first-order chi connectivity index (χ1) is 4.91. The first-order valence-electron chi connectivity index (χ1n) is 4.91. The van der Waals surface area contributed by atoms with E-state index in [0.29, 0.717) is 5.41 Å². The molecular weight excluding hydrogens is 148 g/mol. The Labute approximate surface area is 72.4 Å². The van der Waals surface area contributed by atoms with E-state index in [-0.39, 0.29) is 0 Å². The fourth-order valence-corrected chi connectivity index (χ4v) is 8.06. The molecule has 0 saturated carbocycles. The van der Waals surface area contributed by atoms with Crippen molar-refractivity contribution in [2.45, 2.75) is 58.3 Å². The van der Waals surface area contributed by atoms with Crippen molar-refractivity contribution in [3.8, 4) is 0 Å². The Morgan fingerprint density at radius 2 is 1.55 bits per heavy atom. The summed E-state index contributed by atoms with van der Waals surface area (Å²) in [5.74, 6) is 0. The van der Waals surface area contributed by atoms with Gasteiger partial charge in [0.25, 0.3) is 0 Å². The highest BCUT2D eigenvalue weighted by Gasteiger charge is 2.34. The number of hydrogen-bond acceptors (Lipinski definition) is 0. The van der Waals surface area contributed by atoms with Crippen molar-refractivity contribution in [2.24, 2.45) is 5.41 Å². The molecule has 0 spiro atoms. The van der Waals surface area contributed by atoms with E-state index < -0.39 is 8.07 Å². The molecule has 1 aliphatic rings. The lowest BCUT2D eigenvalue weighted by Crippen LogP contribution is -2.30. The van der Waals surface area contributed by atoms with E-state index in [9.17, 15) is 0 Å². The summed E-state index contributed by atoms with van der Waals surface area (Å²) >= 11 is 0. The Morgan fingerprint density at radius 3 is 1.91 bits per heavy atom. The van der Waals surface area contributed by atoms with Crippen LogP contribution in [0.5, 0.6) is 0 Å². The van der Waals surface area contributed by atoms with Gasteiger partial charge in [-0.2, -0.15) is 0 Å². The minimum atomic E-state index is -0.722. The van der Waals surface area contributed by atoms with Crippen molar-refractivity contribution in [2.75, 3.05) is 0 Å². The minimum Gasteiger partial charge on any atom is -0.0691 e. The van der Waals surface area contributed by atoms with Gasteiger partial charge >= 0.3 is 0 Å². The Bertz CT molecular complexity index is 126. The van der Waals surface area contributed by atoms with Crippen LogP contribution in [0.2, 0.25) is 24.7 Å². The topological polar surface area (TPSA) is 0 Å². The third kappa shape index (κ3) is 2.98. The van der Waals surface area contributed by atoms with Gasteiger partial charge in [-0.15, -0.1) is 0 Å². The van der Waals surface area contributed by atoms with E-state index in [1.807, 2.05) is 0 Å². The molecule has 0 nitrogen and oxygen atoms in total. The van der Waals surface area contributed by atoms with Crippen LogP contribution in [0.25, 0.3) is 0 Å². The van der Waals surface area contributed by atoms with Crippen molar-refractivity contribution in [1.29, 1.82) is 0 Å². The second kappa shape index (κ2) is 2.93. The normalized spacial score (nSPS) is 24.0. The number of hydrogen-bond donors (Lipinski definition) is 0. The van der Waals surface area contributed by atoms with Crippen molar-refractivity contribution in [3.05, 3.63) is 0 Å². The van der Waals surface area contributed by atoms with Crippen LogP contribution >= 0.6 is 0 Å². The standard InChI is InChI=1S/C10H22Si/c1-10(2,3)9-11(4)7-5-6-8-11/h5-9H2,1-4H3. The van der Waals surface area contributed by atoms with Gasteiger partial charge in [0.15, 0.2) is 0 Å². The van der Waals surface area contributed by atoms with Crippen LogP contribution in [0, 0.1) is 5.41 Å². The summed E-state index contributed by atoms with van der Waals surface area (Å²) in [6.07, 6.45) is 3.05. The van der Waals surface area contributed by atoms with Crippen LogP contribution in [-0.2, 0) is 0 Å². The molecule has 1 heteroatoms. The van der Waals surface area contributed by atoms with Crippen molar-refractivity contribution >= 4 is 8.07 Å². The third-order valence-corrected chi connectivity index (χ3v) is 7.80. The Hall–Kier alpha value is 0.217. The maximum absolute atomic E-state index is 2.60. The summed E-state index contributed by atoms with van der Waals surface area (Å²) in [4.78, 5) is 0. The van der Waals surface area contributed by atoms with E-state index in [0.717, 1.165) is 0 Å². The summed E-state index contributed by atoms with van der Waals surface area (Å²) in [5.41, 5.74) is 0.589. The average molecular weight is 170 g/mol. The quantitative estimate of drug-likeness (QED) is 0.524. The Balaban J connectivity index is 2.46. The van der Waals surface area contributed by atoms with Crippen LogP contribution in [0.1, 0.15) is 33.6 Å². The SMILES string of the molecule is CC(C)(C)C[Si]1(C)CCCC1. The Morgan fingerprint density at radius 1 is 1.09 bits per heavy atom. The molecule has 0 radical (unpaired) electrons. The molecular formula is C10H22Si. The van der Waals surface area contributed by atoms with Crippen LogP contribution in [0.3, 0.4) is 0 Å². The molecule has 1 heterocycles. The molecule has 0 unspecified atom stereocenters. The van der Waals surface area contributed by atoms with Crippen LogP contribution in [0.15, 0.2) is 0 Å². The van der Waals surface area contributed by atoms with Gasteiger partial charge in [0.05, 0.1) is 8.07 Å². The summed E-state index contributed by atoms with van der Waals surface area (Å²) < 4.78 is 0. The average Bonchev–Trinajstić information content (AvgIpc) is 2.09. The van der Waals surface area contributed by atoms with E-state index in [1.165, 1.54) is 12.8 Å². The lowest BCUT2D eigenvalue weighted by molar-refractivity contribution is 0.460. The summed E-state index contributed by atoms with van der Waals surface area (Å²) in [5, 5.41) is 0. The molecule has 0 N–H and O–H groups in total. The zero-order chi connectivity index (χ0) is 8.54. The molecule has 0 amide bonds. The van der Waals surface area contributed by atoms with Gasteiger partial charge in [0, 0.05) is 0 Å². The molecule has 0 aliphatic carbocycles. The van der Waals surface area contributed by atoms with Gasteiger partial charge in [-0.05, 0) is 5.41 Å². The highest BCUT2D eigenvalue weighted by molar-refractivity contribution is 6.79. The predicted octanol–water partition coefficient (Wildman–Crippen LogP) is 3.90. The summed E-state index contributed by atoms with van der Waals surface area (Å²) in [6, 6.07) is 4.74. The van der Waals surface area contributed by atoms with Gasteiger partial charge in [-0.1, -0.05) is 58.3 Å². The maximum atomic E-state index is 2.60. The Kier molecular flexibility index (Phi) is 2.48. The zero-order valence-electron chi connectivity index (χ0n) is 8.54.